The van der Waals surface area contributed by atoms with Gasteiger partial charge in [-0.3, -0.25) is 14.4 Å². The maximum atomic E-state index is 10.7. The number of hydrogen-bond donors (Lipinski definition) is 4. The number of amides is 2. The third-order valence-electron chi connectivity index (χ3n) is 3.10. The number of Topliss-reactive ketones (excluding diaryl/α,β-unsaturated/α-hetero) is 1. The fraction of sp³-hybridized carbons (Fsp3) is 0.842. The average Bonchev–Trinajstić information content (AvgIpc) is 2.54. The molecule has 0 saturated carbocycles. The van der Waals surface area contributed by atoms with Gasteiger partial charge in [-0.25, -0.2) is 0 Å². The lowest BCUT2D eigenvalue weighted by molar-refractivity contribution is -0.122. The second-order valence-electron chi connectivity index (χ2n) is 6.71. The molecule has 1 unspecified atom stereocenters. The molecule has 0 aliphatic rings. The molecule has 5 N–H and O–H groups in total. The van der Waals surface area contributed by atoms with Crippen LogP contribution in [0.3, 0.4) is 0 Å². The van der Waals surface area contributed by atoms with Crippen LogP contribution in [-0.2, 0) is 14.4 Å². The van der Waals surface area contributed by atoms with Gasteiger partial charge in [-0.2, -0.15) is 0 Å². The van der Waals surface area contributed by atoms with Crippen LogP contribution in [0.4, 0.5) is 0 Å². The zero-order chi connectivity index (χ0) is 21.5. The molecular weight excluding hydrogens is 332 g/mol. The van der Waals surface area contributed by atoms with Gasteiger partial charge in [0.25, 0.3) is 0 Å². The molecule has 0 bridgehead atoms. The third kappa shape index (κ3) is 38.2. The minimum absolute atomic E-state index is 0.0115. The second kappa shape index (κ2) is 25.8. The molecule has 1 atom stereocenters. The van der Waals surface area contributed by atoms with E-state index in [1.165, 1.54) is 6.42 Å². The number of nitrogens with two attached hydrogens (primary N) is 1. The van der Waals surface area contributed by atoms with Crippen LogP contribution in [0, 0.1) is 11.8 Å². The van der Waals surface area contributed by atoms with Gasteiger partial charge in [-0.05, 0) is 32.9 Å². The van der Waals surface area contributed by atoms with Crippen LogP contribution < -0.4 is 21.7 Å². The van der Waals surface area contributed by atoms with Crippen molar-refractivity contribution < 1.29 is 14.4 Å². The molecule has 0 saturated heterocycles. The molecule has 0 aromatic carbocycles. The predicted molar refractivity (Wildman–Crippen MR) is 111 cm³/mol. The van der Waals surface area contributed by atoms with Crippen molar-refractivity contribution in [3.63, 3.8) is 0 Å². The lowest BCUT2D eigenvalue weighted by atomic mass is 10.1. The molecule has 0 radical (unpaired) electrons. The molecule has 7 nitrogen and oxygen atoms in total. The van der Waals surface area contributed by atoms with Crippen molar-refractivity contribution in [2.45, 2.75) is 73.9 Å². The predicted octanol–water partition coefficient (Wildman–Crippen LogP) is 1.70. The first-order valence-corrected chi connectivity index (χ1v) is 9.31. The van der Waals surface area contributed by atoms with E-state index in [4.69, 9.17) is 4.79 Å². The summed E-state index contributed by atoms with van der Waals surface area (Å²) in [5.74, 6) is 0.812. The summed E-state index contributed by atoms with van der Waals surface area (Å²) in [6.07, 6.45) is 2.01. The Morgan fingerprint density at radius 2 is 1.50 bits per heavy atom. The topological polar surface area (TPSA) is 113 Å². The highest BCUT2D eigenvalue weighted by atomic mass is 16.1. The minimum Gasteiger partial charge on any atom is -0.372 e. The summed E-state index contributed by atoms with van der Waals surface area (Å²) in [5, 5.41) is 8.76. The molecule has 0 heterocycles. The van der Waals surface area contributed by atoms with E-state index in [0.717, 1.165) is 12.5 Å². The molecule has 0 rings (SSSR count). The Hall–Kier alpha value is -1.47. The number of carbonyl (C=O) groups is 3. The van der Waals surface area contributed by atoms with Crippen molar-refractivity contribution in [2.75, 3.05) is 20.1 Å². The lowest BCUT2D eigenvalue weighted by Crippen LogP contribution is -2.35. The minimum atomic E-state index is 0.0115. The third-order valence-corrected chi connectivity index (χ3v) is 3.10. The normalized spacial score (nSPS) is 10.5. The molecular formula is C19H44N4O3. The number of carbonyl (C=O) groups excluding carboxylic acids is 3. The molecule has 0 aliphatic carbocycles. The quantitative estimate of drug-likeness (QED) is 0.458. The highest BCUT2D eigenvalue weighted by Crippen LogP contribution is 2.00. The van der Waals surface area contributed by atoms with E-state index in [2.05, 4.69) is 63.2 Å². The summed E-state index contributed by atoms with van der Waals surface area (Å²) in [7, 11) is 1.96. The Kier molecular flexibility index (Phi) is 31.9. The van der Waals surface area contributed by atoms with Crippen molar-refractivity contribution >= 4 is 18.6 Å². The van der Waals surface area contributed by atoms with Crippen LogP contribution in [0.1, 0.15) is 61.8 Å². The van der Waals surface area contributed by atoms with Gasteiger partial charge in [0.05, 0.1) is 6.54 Å². The summed E-state index contributed by atoms with van der Waals surface area (Å²) in [6.45, 7) is 18.1. The van der Waals surface area contributed by atoms with Gasteiger partial charge in [0.2, 0.25) is 12.8 Å². The summed E-state index contributed by atoms with van der Waals surface area (Å²) in [4.78, 5) is 28.9. The van der Waals surface area contributed by atoms with E-state index in [0.29, 0.717) is 18.5 Å². The Morgan fingerprint density at radius 1 is 1.04 bits per heavy atom. The van der Waals surface area contributed by atoms with Crippen LogP contribution in [-0.4, -0.2) is 50.8 Å². The van der Waals surface area contributed by atoms with E-state index < -0.39 is 0 Å². The molecule has 26 heavy (non-hydrogen) atoms. The molecule has 0 aromatic heterocycles. The zero-order valence-electron chi connectivity index (χ0n) is 18.4. The molecule has 0 fully saturated rings. The van der Waals surface area contributed by atoms with Crippen molar-refractivity contribution in [3.05, 3.63) is 0 Å². The van der Waals surface area contributed by atoms with E-state index >= 15 is 0 Å². The van der Waals surface area contributed by atoms with E-state index in [9.17, 15) is 9.59 Å². The number of ketones is 1. The first-order chi connectivity index (χ1) is 12.0. The van der Waals surface area contributed by atoms with Gasteiger partial charge in [-0.15, -0.1) is 0 Å². The Balaban J connectivity index is -0.000000134. The maximum absolute atomic E-state index is 10.7. The number of nitrogens with one attached hydrogen (secondary N) is 3. The van der Waals surface area contributed by atoms with Crippen molar-refractivity contribution in [1.82, 2.24) is 16.0 Å². The summed E-state index contributed by atoms with van der Waals surface area (Å²) in [6, 6.07) is 1.26. The zero-order valence-corrected chi connectivity index (χ0v) is 18.4. The fourth-order valence-corrected chi connectivity index (χ4v) is 1.31. The van der Waals surface area contributed by atoms with Crippen molar-refractivity contribution in [3.8, 4) is 0 Å². The van der Waals surface area contributed by atoms with Crippen LogP contribution in [0.5, 0.6) is 0 Å². The highest BCUT2D eigenvalue weighted by molar-refractivity contribution is 5.83. The van der Waals surface area contributed by atoms with E-state index in [1.807, 2.05) is 7.05 Å². The van der Waals surface area contributed by atoms with Gasteiger partial charge in [0.1, 0.15) is 0 Å². The molecule has 2 amide bonds. The summed E-state index contributed by atoms with van der Waals surface area (Å²) < 4.78 is 0. The number of rotatable bonds is 9. The van der Waals surface area contributed by atoms with E-state index in [-0.39, 0.29) is 24.7 Å². The van der Waals surface area contributed by atoms with Gasteiger partial charge >= 0.3 is 0 Å². The first kappa shape index (κ1) is 32.2. The van der Waals surface area contributed by atoms with Gasteiger partial charge < -0.3 is 21.7 Å². The van der Waals surface area contributed by atoms with Gasteiger partial charge in [0, 0.05) is 18.0 Å². The molecule has 0 aliphatic heterocycles. The van der Waals surface area contributed by atoms with Gasteiger partial charge in [0.15, 0.2) is 5.78 Å². The Bertz CT molecular complexity index is 307. The summed E-state index contributed by atoms with van der Waals surface area (Å²) >= 11 is 0. The monoisotopic (exact) mass is 376 g/mol. The van der Waals surface area contributed by atoms with Gasteiger partial charge in [-0.1, -0.05) is 48.5 Å². The number of hydrogen-bond acceptors (Lipinski definition) is 5. The average molecular weight is 377 g/mol. The lowest BCUT2D eigenvalue weighted by Gasteiger charge is -2.19. The standard InChI is InChI=1S/C8H19N.C6H11NO2.C4H11N.CH3NO/c1-6(2)8(5)9-7(3)4;1-5(2)6(9)3-7-4-8;1-3-4-5-2;2-1-3/h6-9H,1-5H3;4-5H,3H2,1-2H3,(H,7,8);5H,3-4H2,1-2H3;1H,(H2,2,3). The second-order valence-corrected chi connectivity index (χ2v) is 6.71. The Morgan fingerprint density at radius 3 is 1.65 bits per heavy atom. The Labute approximate surface area is 161 Å². The largest absolute Gasteiger partial charge is 0.372 e. The maximum Gasteiger partial charge on any atom is 0.207 e. The van der Waals surface area contributed by atoms with Crippen LogP contribution in [0.2, 0.25) is 0 Å². The highest BCUT2D eigenvalue weighted by Gasteiger charge is 2.06. The van der Waals surface area contributed by atoms with E-state index in [1.54, 1.807) is 13.8 Å². The first-order valence-electron chi connectivity index (χ1n) is 9.31. The van der Waals surface area contributed by atoms with Crippen LogP contribution in [0.15, 0.2) is 0 Å². The van der Waals surface area contributed by atoms with Crippen LogP contribution >= 0.6 is 0 Å². The molecule has 0 aromatic rings. The number of primary amides is 1. The van der Waals surface area contributed by atoms with Crippen molar-refractivity contribution in [1.29, 1.82) is 0 Å². The van der Waals surface area contributed by atoms with Crippen LogP contribution in [0.25, 0.3) is 0 Å². The molecule has 7 heteroatoms. The molecule has 158 valence electrons. The summed E-state index contributed by atoms with van der Waals surface area (Å²) in [5.41, 5.74) is 4.17. The SMILES string of the molecule is CC(C)C(=O)CNC=O.CC(C)NC(C)C(C)C.CCCNC.NC=O. The molecule has 0 spiro atoms. The fourth-order valence-electron chi connectivity index (χ4n) is 1.31. The smallest absolute Gasteiger partial charge is 0.207 e. The van der Waals surface area contributed by atoms with Crippen molar-refractivity contribution in [2.24, 2.45) is 17.6 Å².